The molecule has 0 radical (unpaired) electrons. The fraction of sp³-hybridized carbons (Fsp3) is 0.556. The molecule has 420 valence electrons. The smallest absolute Gasteiger partial charge is 0.417 e. The number of ether oxygens (including phenoxy) is 2. The van der Waals surface area contributed by atoms with E-state index in [2.05, 4.69) is 56.9 Å². The molecule has 2 aromatic heterocycles. The summed E-state index contributed by atoms with van der Waals surface area (Å²) in [6.07, 6.45) is -1.32. The molecule has 2 aromatic carbocycles. The first-order valence-corrected chi connectivity index (χ1v) is 26.6. The summed E-state index contributed by atoms with van der Waals surface area (Å²) in [5, 5.41) is 21.9. The molecule has 4 aromatic rings. The predicted molar refractivity (Wildman–Crippen MR) is 275 cm³/mol. The first-order chi connectivity index (χ1) is 36.2. The number of piperidine rings is 2. The lowest BCUT2D eigenvalue weighted by Gasteiger charge is -2.46. The number of aliphatic hydroxyl groups is 2. The van der Waals surface area contributed by atoms with E-state index in [-0.39, 0.29) is 43.0 Å². The molecule has 2 amide bonds. The lowest BCUT2D eigenvalue weighted by molar-refractivity contribution is -0.138. The number of aliphatic hydroxyl groups excluding tert-OH is 2. The van der Waals surface area contributed by atoms with Gasteiger partial charge in [-0.3, -0.25) is 0 Å². The second-order valence-corrected chi connectivity index (χ2v) is 19.7. The van der Waals surface area contributed by atoms with Gasteiger partial charge in [0.15, 0.2) is 0 Å². The van der Waals surface area contributed by atoms with Crippen molar-refractivity contribution in [3.8, 4) is 0 Å². The van der Waals surface area contributed by atoms with E-state index in [4.69, 9.17) is 9.47 Å². The van der Waals surface area contributed by atoms with Crippen LogP contribution in [0.5, 0.6) is 0 Å². The number of rotatable bonds is 14. The normalized spacial score (nSPS) is 22.0. The Hall–Kier alpha value is -5.16. The number of cyclic esters (lactones) is 2. The van der Waals surface area contributed by atoms with Gasteiger partial charge in [0.2, 0.25) is 0 Å². The number of pyridine rings is 2. The molecule has 13 nitrogen and oxygen atoms in total. The summed E-state index contributed by atoms with van der Waals surface area (Å²) < 4.78 is 113. The van der Waals surface area contributed by atoms with E-state index in [1.807, 2.05) is 9.80 Å². The van der Waals surface area contributed by atoms with Crippen LogP contribution < -0.4 is 10.2 Å². The van der Waals surface area contributed by atoms with Crippen LogP contribution in [0, 0.1) is 11.6 Å². The zero-order chi connectivity index (χ0) is 55.5. The van der Waals surface area contributed by atoms with Gasteiger partial charge in [0.1, 0.15) is 33.3 Å². The summed E-state index contributed by atoms with van der Waals surface area (Å²) in [7, 11) is 0. The number of nitrogens with zero attached hydrogens (tertiary/aromatic N) is 6. The minimum atomic E-state index is -4.44. The summed E-state index contributed by atoms with van der Waals surface area (Å²) >= 11 is 2.93. The van der Waals surface area contributed by atoms with Crippen LogP contribution in [0.15, 0.2) is 89.8 Å². The van der Waals surface area contributed by atoms with Gasteiger partial charge in [-0.15, -0.1) is 0 Å². The van der Waals surface area contributed by atoms with Crippen molar-refractivity contribution in [2.45, 2.75) is 121 Å². The Morgan fingerprint density at radius 1 is 0.671 bits per heavy atom. The number of carbonyl (C=O) groups is 2. The second kappa shape index (κ2) is 29.0. The highest BCUT2D eigenvalue weighted by Gasteiger charge is 2.46. The van der Waals surface area contributed by atoms with Gasteiger partial charge in [0, 0.05) is 77.2 Å². The summed E-state index contributed by atoms with van der Waals surface area (Å²) in [6.45, 7) is 14.0. The van der Waals surface area contributed by atoms with Crippen LogP contribution in [-0.2, 0) is 33.0 Å². The molecular formula is C54H70BrF8N7O6. The molecule has 0 aliphatic carbocycles. The van der Waals surface area contributed by atoms with Crippen LogP contribution >= 0.6 is 15.9 Å². The van der Waals surface area contributed by atoms with Crippen molar-refractivity contribution in [1.82, 2.24) is 30.0 Å². The molecule has 0 spiro atoms. The van der Waals surface area contributed by atoms with Gasteiger partial charge in [0.05, 0.1) is 17.2 Å². The van der Waals surface area contributed by atoms with Crippen LogP contribution in [0.4, 0.5) is 50.5 Å². The maximum absolute atomic E-state index is 13.4. The van der Waals surface area contributed by atoms with Crippen LogP contribution in [0.2, 0.25) is 0 Å². The lowest BCUT2D eigenvalue weighted by Crippen LogP contribution is -2.56. The number of anilines is 1. The Balaban J connectivity index is 0.000000218. The van der Waals surface area contributed by atoms with Gasteiger partial charge >= 0.3 is 24.5 Å². The average molecular weight is 1150 g/mol. The Kier molecular flexibility index (Phi) is 23.5. The number of alkyl halides is 6. The molecule has 8 rings (SSSR count). The zero-order valence-corrected chi connectivity index (χ0v) is 44.8. The summed E-state index contributed by atoms with van der Waals surface area (Å²) in [6, 6.07) is 16.6. The Labute approximate surface area is 448 Å². The first kappa shape index (κ1) is 61.7. The number of amides is 2. The SMILES string of the molecule is CCN(CC)CC.FC(F)(F)c1ccc(Br)nc1.O=C1O[C@@](CCCO)(c2ccc(F)cc2)CCN1[C@H]1CCCN(c2ccc(C(F)(F)F)cn2)C1.O=C1O[C@@](CCCO)(c2ccc(F)cc2)CCN1[C@H]1CCCNC1. The third-order valence-corrected chi connectivity index (χ3v) is 14.6. The highest BCUT2D eigenvalue weighted by Crippen LogP contribution is 2.41. The molecule has 22 heteroatoms. The van der Waals surface area contributed by atoms with Crippen molar-refractivity contribution in [3.63, 3.8) is 0 Å². The third-order valence-electron chi connectivity index (χ3n) is 14.1. The van der Waals surface area contributed by atoms with Gasteiger partial charge in [-0.1, -0.05) is 45.0 Å². The minimum Gasteiger partial charge on any atom is -0.438 e. The highest BCUT2D eigenvalue weighted by atomic mass is 79.9. The Morgan fingerprint density at radius 2 is 1.14 bits per heavy atom. The van der Waals surface area contributed by atoms with Gasteiger partial charge in [0.25, 0.3) is 0 Å². The summed E-state index contributed by atoms with van der Waals surface area (Å²) in [4.78, 5) is 40.9. The second-order valence-electron chi connectivity index (χ2n) is 18.9. The highest BCUT2D eigenvalue weighted by molar-refractivity contribution is 9.10. The predicted octanol–water partition coefficient (Wildman–Crippen LogP) is 11.3. The fourth-order valence-corrected chi connectivity index (χ4v) is 9.99. The van der Waals surface area contributed by atoms with Gasteiger partial charge in [-0.05, 0) is 153 Å². The quantitative estimate of drug-likeness (QED) is 0.0820. The minimum absolute atomic E-state index is 0.0384. The number of carbonyl (C=O) groups excluding carboxylic acids is 2. The fourth-order valence-electron chi connectivity index (χ4n) is 9.76. The van der Waals surface area contributed by atoms with Crippen LogP contribution in [0.1, 0.15) is 107 Å². The third kappa shape index (κ3) is 17.4. The van der Waals surface area contributed by atoms with Crippen molar-refractivity contribution in [2.75, 3.05) is 77.0 Å². The maximum atomic E-state index is 13.4. The number of nitrogens with one attached hydrogen (secondary N) is 1. The molecule has 4 fully saturated rings. The molecule has 76 heavy (non-hydrogen) atoms. The van der Waals surface area contributed by atoms with E-state index in [0.717, 1.165) is 68.9 Å². The molecule has 4 aliphatic rings. The molecule has 4 atom stereocenters. The molecule has 0 saturated carbocycles. The molecular weight excluding hydrogens is 1070 g/mol. The van der Waals surface area contributed by atoms with E-state index in [1.165, 1.54) is 56.0 Å². The molecule has 6 heterocycles. The van der Waals surface area contributed by atoms with Crippen molar-refractivity contribution < 1.29 is 64.4 Å². The zero-order valence-electron chi connectivity index (χ0n) is 43.2. The molecule has 4 saturated heterocycles. The topological polar surface area (TPSA) is 144 Å². The number of aromatic nitrogens is 2. The standard InChI is InChI=1S/C24H27F4N3O3.C18H25FN2O3.C6H3BrF3N.C6H15N/c25-19-7-4-17(5-8-19)23(10-2-14-32)11-13-31(22(33)34-23)20-3-1-12-30(16-20)21-9-6-18(15-29-21)24(26,27)28;19-15-6-4-14(5-7-15)18(8-2-12-22)9-11-21(17(23)24-18)16-3-1-10-20-13-16;7-5-2-1-4(3-11-5)6(8,9)10;1-4-7(5-2)6-3/h4-9,15,20,32H,1-3,10-14,16H2;4-7,16,20,22H,1-3,8-13H2;1-3H;4-6H2,1-3H3/t20-,23+;16-,18+;;/m00../s1. The largest absolute Gasteiger partial charge is 0.438 e. The van der Waals surface area contributed by atoms with Crippen molar-refractivity contribution in [1.29, 1.82) is 0 Å². The van der Waals surface area contributed by atoms with E-state index in [1.54, 1.807) is 29.2 Å². The summed E-state index contributed by atoms with van der Waals surface area (Å²) in [5.41, 5.74) is -1.76. The molecule has 0 unspecified atom stereocenters. The van der Waals surface area contributed by atoms with Crippen LogP contribution in [-0.4, -0.2) is 131 Å². The average Bonchev–Trinajstić information content (AvgIpc) is 3.42. The van der Waals surface area contributed by atoms with E-state index >= 15 is 0 Å². The van der Waals surface area contributed by atoms with E-state index < -0.39 is 40.8 Å². The first-order valence-electron chi connectivity index (χ1n) is 25.8. The van der Waals surface area contributed by atoms with Crippen LogP contribution in [0.3, 0.4) is 0 Å². The number of hydrogen-bond donors (Lipinski definition) is 3. The summed E-state index contributed by atoms with van der Waals surface area (Å²) in [5.74, 6) is -0.260. The number of hydrogen-bond acceptors (Lipinski definition) is 11. The van der Waals surface area contributed by atoms with E-state index in [9.17, 15) is 54.9 Å². The molecule has 3 N–H and O–H groups in total. The maximum Gasteiger partial charge on any atom is 0.417 e. The number of benzene rings is 2. The lowest BCUT2D eigenvalue weighted by atomic mass is 9.84. The molecule has 4 aliphatic heterocycles. The van der Waals surface area contributed by atoms with Gasteiger partial charge in [-0.2, -0.15) is 26.3 Å². The molecule has 0 bridgehead atoms. The van der Waals surface area contributed by atoms with Gasteiger partial charge < -0.3 is 44.6 Å². The Morgan fingerprint density at radius 3 is 1.53 bits per heavy atom. The number of halogens is 9. The van der Waals surface area contributed by atoms with Crippen LogP contribution in [0.25, 0.3) is 0 Å². The van der Waals surface area contributed by atoms with Crippen molar-refractivity contribution in [2.24, 2.45) is 0 Å². The van der Waals surface area contributed by atoms with Crippen molar-refractivity contribution in [3.05, 3.63) is 124 Å². The van der Waals surface area contributed by atoms with Crippen molar-refractivity contribution >= 4 is 33.9 Å². The Bertz CT molecular complexity index is 2360. The monoisotopic (exact) mass is 1140 g/mol. The van der Waals surface area contributed by atoms with Gasteiger partial charge in [-0.25, -0.2) is 28.3 Å². The van der Waals surface area contributed by atoms with E-state index in [0.29, 0.717) is 80.7 Å².